The lowest BCUT2D eigenvalue weighted by Gasteiger charge is -2.35. The van der Waals surface area contributed by atoms with Crippen molar-refractivity contribution < 1.29 is 8.42 Å². The Labute approximate surface area is 106 Å². The number of rotatable bonds is 5. The van der Waals surface area contributed by atoms with Crippen molar-refractivity contribution in [3.05, 3.63) is 0 Å². The zero-order valence-corrected chi connectivity index (χ0v) is 12.5. The normalized spacial score (nSPS) is 28.8. The first kappa shape index (κ1) is 14.9. The van der Waals surface area contributed by atoms with Crippen LogP contribution < -0.4 is 5.32 Å². The van der Waals surface area contributed by atoms with Crippen molar-refractivity contribution in [3.8, 4) is 0 Å². The van der Waals surface area contributed by atoms with Crippen LogP contribution >= 0.6 is 0 Å². The van der Waals surface area contributed by atoms with Gasteiger partial charge >= 0.3 is 0 Å². The monoisotopic (exact) mass is 262 g/mol. The van der Waals surface area contributed by atoms with Crippen LogP contribution in [-0.4, -0.2) is 58.1 Å². The van der Waals surface area contributed by atoms with Crippen molar-refractivity contribution in [3.63, 3.8) is 0 Å². The van der Waals surface area contributed by atoms with Gasteiger partial charge in [-0.05, 0) is 32.4 Å². The minimum atomic E-state index is -2.86. The molecule has 1 rings (SSSR count). The summed E-state index contributed by atoms with van der Waals surface area (Å²) >= 11 is 0. The summed E-state index contributed by atoms with van der Waals surface area (Å²) in [6.45, 7) is 5.18. The van der Waals surface area contributed by atoms with Crippen LogP contribution in [0.1, 0.15) is 26.7 Å². The van der Waals surface area contributed by atoms with Crippen LogP contribution in [0.25, 0.3) is 0 Å². The molecule has 0 aliphatic heterocycles. The van der Waals surface area contributed by atoms with Gasteiger partial charge in [0, 0.05) is 24.9 Å². The van der Waals surface area contributed by atoms with Gasteiger partial charge in [0.15, 0.2) is 0 Å². The van der Waals surface area contributed by atoms with Crippen LogP contribution in [0.15, 0.2) is 0 Å². The molecular formula is C12H26N2O2S. The average Bonchev–Trinajstić information content (AvgIpc) is 2.48. The van der Waals surface area contributed by atoms with Gasteiger partial charge in [0.2, 0.25) is 0 Å². The molecule has 4 nitrogen and oxygen atoms in total. The number of nitrogens with zero attached hydrogens (tertiary/aromatic N) is 1. The van der Waals surface area contributed by atoms with Gasteiger partial charge in [-0.3, -0.25) is 0 Å². The lowest BCUT2D eigenvalue weighted by Crippen LogP contribution is -2.50. The molecule has 0 spiro atoms. The van der Waals surface area contributed by atoms with Crippen molar-refractivity contribution in [2.75, 3.05) is 32.6 Å². The van der Waals surface area contributed by atoms with Crippen LogP contribution in [0.2, 0.25) is 0 Å². The van der Waals surface area contributed by atoms with Gasteiger partial charge in [0.05, 0.1) is 5.75 Å². The van der Waals surface area contributed by atoms with Crippen LogP contribution in [0.5, 0.6) is 0 Å². The highest BCUT2D eigenvalue weighted by Crippen LogP contribution is 2.39. The van der Waals surface area contributed by atoms with Crippen molar-refractivity contribution in [2.24, 2.45) is 5.41 Å². The van der Waals surface area contributed by atoms with E-state index < -0.39 is 9.84 Å². The largest absolute Gasteiger partial charge is 0.315 e. The zero-order chi connectivity index (χ0) is 13.3. The fourth-order valence-corrected chi connectivity index (χ4v) is 3.52. The van der Waals surface area contributed by atoms with E-state index in [-0.39, 0.29) is 5.75 Å². The highest BCUT2D eigenvalue weighted by Gasteiger charge is 2.42. The van der Waals surface area contributed by atoms with Gasteiger partial charge < -0.3 is 10.2 Å². The standard InChI is InChI=1S/C12H26N2O2S/c1-12(2)7-6-10(11(12)13-3)14(4)8-9-17(5,15)16/h10-11,13H,6-9H2,1-5H3. The van der Waals surface area contributed by atoms with Crippen molar-refractivity contribution in [2.45, 2.75) is 38.8 Å². The Kier molecular flexibility index (Phi) is 4.60. The zero-order valence-electron chi connectivity index (χ0n) is 11.7. The first-order chi connectivity index (χ1) is 7.67. The molecule has 0 aromatic heterocycles. The van der Waals surface area contributed by atoms with E-state index in [1.807, 2.05) is 14.1 Å². The summed E-state index contributed by atoms with van der Waals surface area (Å²) in [4.78, 5) is 2.19. The second-order valence-corrected chi connectivity index (χ2v) is 8.23. The maximum Gasteiger partial charge on any atom is 0.148 e. The van der Waals surface area contributed by atoms with Gasteiger partial charge in [-0.2, -0.15) is 0 Å². The maximum atomic E-state index is 11.2. The van der Waals surface area contributed by atoms with E-state index >= 15 is 0 Å². The van der Waals surface area contributed by atoms with E-state index in [0.717, 1.165) is 6.42 Å². The number of hydrogen-bond acceptors (Lipinski definition) is 4. The molecule has 2 atom stereocenters. The predicted octanol–water partition coefficient (Wildman–Crippen LogP) is 0.739. The van der Waals surface area contributed by atoms with Gasteiger partial charge in [-0.25, -0.2) is 8.42 Å². The van der Waals surface area contributed by atoms with Crippen LogP contribution in [0, 0.1) is 5.41 Å². The molecule has 1 saturated carbocycles. The maximum absolute atomic E-state index is 11.2. The Bertz CT molecular complexity index is 352. The predicted molar refractivity (Wildman–Crippen MR) is 72.0 cm³/mol. The summed E-state index contributed by atoms with van der Waals surface area (Å²) < 4.78 is 22.4. The van der Waals surface area contributed by atoms with E-state index in [1.54, 1.807) is 0 Å². The smallest absolute Gasteiger partial charge is 0.148 e. The minimum absolute atomic E-state index is 0.247. The molecule has 5 heteroatoms. The first-order valence-electron chi connectivity index (χ1n) is 6.22. The lowest BCUT2D eigenvalue weighted by atomic mass is 9.86. The summed E-state index contributed by atoms with van der Waals surface area (Å²) in [5.74, 6) is 0.247. The summed E-state index contributed by atoms with van der Waals surface area (Å²) in [6, 6.07) is 0.879. The molecule has 0 radical (unpaired) electrons. The highest BCUT2D eigenvalue weighted by atomic mass is 32.2. The Balaban J connectivity index is 2.61. The van der Waals surface area contributed by atoms with Crippen LogP contribution in [-0.2, 0) is 9.84 Å². The molecule has 2 unspecified atom stereocenters. The molecule has 102 valence electrons. The van der Waals surface area contributed by atoms with Crippen molar-refractivity contribution in [1.29, 1.82) is 0 Å². The number of likely N-dealkylation sites (N-methyl/N-ethyl adjacent to an activating group) is 2. The molecule has 1 N–H and O–H groups in total. The van der Waals surface area contributed by atoms with E-state index in [9.17, 15) is 8.42 Å². The number of nitrogens with one attached hydrogen (secondary N) is 1. The van der Waals surface area contributed by atoms with E-state index in [2.05, 4.69) is 24.1 Å². The molecule has 0 saturated heterocycles. The molecule has 0 aromatic rings. The molecule has 1 aliphatic carbocycles. The molecule has 0 bridgehead atoms. The Morgan fingerprint density at radius 2 is 2.00 bits per heavy atom. The second kappa shape index (κ2) is 5.24. The molecule has 0 heterocycles. The molecule has 17 heavy (non-hydrogen) atoms. The minimum Gasteiger partial charge on any atom is -0.315 e. The summed E-state index contributed by atoms with van der Waals surface area (Å²) in [7, 11) is 1.16. The van der Waals surface area contributed by atoms with Gasteiger partial charge in [0.25, 0.3) is 0 Å². The first-order valence-corrected chi connectivity index (χ1v) is 8.28. The summed E-state index contributed by atoms with van der Waals surface area (Å²) in [5.41, 5.74) is 0.290. The number of sulfone groups is 1. The molecular weight excluding hydrogens is 236 g/mol. The van der Waals surface area contributed by atoms with Gasteiger partial charge in [-0.1, -0.05) is 13.8 Å². The Hall–Kier alpha value is -0.130. The fraction of sp³-hybridized carbons (Fsp3) is 1.00. The van der Waals surface area contributed by atoms with E-state index in [0.29, 0.717) is 24.0 Å². The van der Waals surface area contributed by atoms with E-state index in [1.165, 1.54) is 12.7 Å². The highest BCUT2D eigenvalue weighted by molar-refractivity contribution is 7.90. The number of hydrogen-bond donors (Lipinski definition) is 1. The third-order valence-corrected chi connectivity index (χ3v) is 4.93. The summed E-state index contributed by atoms with van der Waals surface area (Å²) in [6.07, 6.45) is 3.63. The molecule has 0 aromatic carbocycles. The van der Waals surface area contributed by atoms with Crippen molar-refractivity contribution >= 4 is 9.84 Å². The topological polar surface area (TPSA) is 49.4 Å². The molecule has 0 amide bonds. The van der Waals surface area contributed by atoms with Gasteiger partial charge in [-0.15, -0.1) is 0 Å². The fourth-order valence-electron chi connectivity index (χ4n) is 2.90. The van der Waals surface area contributed by atoms with Crippen LogP contribution in [0.4, 0.5) is 0 Å². The quantitative estimate of drug-likeness (QED) is 0.794. The Morgan fingerprint density at radius 3 is 2.47 bits per heavy atom. The third-order valence-electron chi connectivity index (χ3n) is 4.00. The Morgan fingerprint density at radius 1 is 1.41 bits per heavy atom. The summed E-state index contributed by atoms with van der Waals surface area (Å²) in [5, 5.41) is 3.39. The lowest BCUT2D eigenvalue weighted by molar-refractivity contribution is 0.184. The third kappa shape index (κ3) is 3.93. The molecule has 1 aliphatic rings. The van der Waals surface area contributed by atoms with Crippen LogP contribution in [0.3, 0.4) is 0 Å². The SMILES string of the molecule is CNC1C(N(C)CCS(C)(=O)=O)CCC1(C)C. The van der Waals surface area contributed by atoms with E-state index in [4.69, 9.17) is 0 Å². The average molecular weight is 262 g/mol. The van der Waals surface area contributed by atoms with Gasteiger partial charge in [0.1, 0.15) is 9.84 Å². The van der Waals surface area contributed by atoms with Crippen molar-refractivity contribution in [1.82, 2.24) is 10.2 Å². The second-order valence-electron chi connectivity index (χ2n) is 5.97. The molecule has 1 fully saturated rings.